The summed E-state index contributed by atoms with van der Waals surface area (Å²) in [6.45, 7) is 3.15. The van der Waals surface area contributed by atoms with Crippen molar-refractivity contribution < 1.29 is 4.74 Å². The van der Waals surface area contributed by atoms with Gasteiger partial charge in [-0.05, 0) is 19.8 Å². The second-order valence-electron chi connectivity index (χ2n) is 3.67. The Morgan fingerprint density at radius 2 is 2.21 bits per heavy atom. The summed E-state index contributed by atoms with van der Waals surface area (Å²) in [5.41, 5.74) is 6.44. The van der Waals surface area contributed by atoms with Crippen LogP contribution in [0.25, 0.3) is 0 Å². The van der Waals surface area contributed by atoms with Gasteiger partial charge in [0, 0.05) is 31.1 Å². The van der Waals surface area contributed by atoms with Crippen molar-refractivity contribution in [2.24, 2.45) is 5.73 Å². The highest BCUT2D eigenvalue weighted by Gasteiger charge is 2.36. The zero-order valence-electron chi connectivity index (χ0n) is 8.36. The molecule has 76 valence electrons. The molecule has 0 unspecified atom stereocenters. The molecule has 1 aliphatic rings. The van der Waals surface area contributed by atoms with Crippen LogP contribution in [0.1, 0.15) is 24.2 Å². The Balaban J connectivity index is 2.31. The van der Waals surface area contributed by atoms with Crippen LogP contribution in [0.2, 0.25) is 0 Å². The standard InChI is InChI=1S/C10H15N3O/c1-8-12-5-9(6-13-8)10(7-11)3-2-4-14-10/h5-6H,2-4,7,11H2,1H3/t10-/m1/s1. The van der Waals surface area contributed by atoms with Crippen molar-refractivity contribution in [3.8, 4) is 0 Å². The Labute approximate surface area is 83.5 Å². The van der Waals surface area contributed by atoms with Gasteiger partial charge in [-0.3, -0.25) is 0 Å². The van der Waals surface area contributed by atoms with E-state index in [1.54, 1.807) is 0 Å². The molecule has 4 heteroatoms. The van der Waals surface area contributed by atoms with E-state index < -0.39 is 0 Å². The van der Waals surface area contributed by atoms with E-state index in [0.717, 1.165) is 30.8 Å². The molecule has 0 saturated carbocycles. The number of ether oxygens (including phenoxy) is 1. The predicted molar refractivity (Wildman–Crippen MR) is 52.7 cm³/mol. The van der Waals surface area contributed by atoms with Crippen molar-refractivity contribution in [1.82, 2.24) is 9.97 Å². The smallest absolute Gasteiger partial charge is 0.125 e. The van der Waals surface area contributed by atoms with Gasteiger partial charge in [0.2, 0.25) is 0 Å². The lowest BCUT2D eigenvalue weighted by Gasteiger charge is -2.26. The van der Waals surface area contributed by atoms with Gasteiger partial charge in [0.25, 0.3) is 0 Å². The molecule has 2 N–H and O–H groups in total. The molecule has 2 rings (SSSR count). The highest BCUT2D eigenvalue weighted by molar-refractivity contribution is 5.17. The van der Waals surface area contributed by atoms with Crippen molar-refractivity contribution >= 4 is 0 Å². The maximum absolute atomic E-state index is 5.76. The van der Waals surface area contributed by atoms with Gasteiger partial charge in [0.15, 0.2) is 0 Å². The number of hydrogen-bond donors (Lipinski definition) is 1. The summed E-state index contributed by atoms with van der Waals surface area (Å²) >= 11 is 0. The highest BCUT2D eigenvalue weighted by Crippen LogP contribution is 2.34. The molecule has 0 amide bonds. The number of nitrogens with zero attached hydrogens (tertiary/aromatic N) is 2. The number of hydrogen-bond acceptors (Lipinski definition) is 4. The third-order valence-electron chi connectivity index (χ3n) is 2.74. The fraction of sp³-hybridized carbons (Fsp3) is 0.600. The second kappa shape index (κ2) is 3.63. The van der Waals surface area contributed by atoms with Gasteiger partial charge in [-0.15, -0.1) is 0 Å². The predicted octanol–water partition coefficient (Wildman–Crippen LogP) is 0.749. The summed E-state index contributed by atoms with van der Waals surface area (Å²) in [6.07, 6.45) is 5.67. The Kier molecular flexibility index (Phi) is 2.48. The molecule has 0 aliphatic carbocycles. The molecule has 1 aromatic rings. The van der Waals surface area contributed by atoms with E-state index in [-0.39, 0.29) is 5.60 Å². The highest BCUT2D eigenvalue weighted by atomic mass is 16.5. The number of rotatable bonds is 2. The second-order valence-corrected chi connectivity index (χ2v) is 3.67. The van der Waals surface area contributed by atoms with Crippen molar-refractivity contribution in [3.05, 3.63) is 23.8 Å². The Morgan fingerprint density at radius 3 is 2.71 bits per heavy atom. The largest absolute Gasteiger partial charge is 0.369 e. The minimum atomic E-state index is -0.326. The van der Waals surface area contributed by atoms with Gasteiger partial charge in [0.1, 0.15) is 11.4 Å². The monoisotopic (exact) mass is 193 g/mol. The molecular weight excluding hydrogens is 178 g/mol. The fourth-order valence-corrected chi connectivity index (χ4v) is 1.83. The van der Waals surface area contributed by atoms with Crippen molar-refractivity contribution in [1.29, 1.82) is 0 Å². The average molecular weight is 193 g/mol. The van der Waals surface area contributed by atoms with Crippen molar-refractivity contribution in [2.75, 3.05) is 13.2 Å². The van der Waals surface area contributed by atoms with E-state index in [1.807, 2.05) is 19.3 Å². The Bertz CT molecular complexity index is 304. The summed E-state index contributed by atoms with van der Waals surface area (Å²) in [5.74, 6) is 0.777. The summed E-state index contributed by atoms with van der Waals surface area (Å²) in [6, 6.07) is 0. The van der Waals surface area contributed by atoms with E-state index in [4.69, 9.17) is 10.5 Å². The van der Waals surface area contributed by atoms with E-state index in [1.165, 1.54) is 0 Å². The van der Waals surface area contributed by atoms with Crippen LogP contribution < -0.4 is 5.73 Å². The minimum absolute atomic E-state index is 0.326. The summed E-state index contributed by atoms with van der Waals surface area (Å²) < 4.78 is 5.71. The molecule has 0 spiro atoms. The third kappa shape index (κ3) is 1.51. The van der Waals surface area contributed by atoms with Crippen LogP contribution in [-0.4, -0.2) is 23.1 Å². The molecule has 14 heavy (non-hydrogen) atoms. The number of nitrogens with two attached hydrogens (primary N) is 1. The fourth-order valence-electron chi connectivity index (χ4n) is 1.83. The van der Waals surface area contributed by atoms with Gasteiger partial charge in [-0.2, -0.15) is 0 Å². The first-order chi connectivity index (χ1) is 6.77. The molecule has 1 aliphatic heterocycles. The third-order valence-corrected chi connectivity index (χ3v) is 2.74. The van der Waals surface area contributed by atoms with Crippen molar-refractivity contribution in [2.45, 2.75) is 25.4 Å². The first kappa shape index (κ1) is 9.55. The van der Waals surface area contributed by atoms with Crippen LogP contribution in [-0.2, 0) is 10.3 Å². The van der Waals surface area contributed by atoms with Gasteiger partial charge in [-0.1, -0.05) is 0 Å². The zero-order valence-corrected chi connectivity index (χ0v) is 8.36. The molecule has 0 bridgehead atoms. The van der Waals surface area contributed by atoms with Crippen molar-refractivity contribution in [3.63, 3.8) is 0 Å². The molecule has 1 fully saturated rings. The maximum Gasteiger partial charge on any atom is 0.125 e. The molecule has 0 aromatic carbocycles. The van der Waals surface area contributed by atoms with E-state index in [2.05, 4.69) is 9.97 Å². The Morgan fingerprint density at radius 1 is 1.50 bits per heavy atom. The molecule has 1 aromatic heterocycles. The van der Waals surface area contributed by atoms with Crippen LogP contribution >= 0.6 is 0 Å². The van der Waals surface area contributed by atoms with Crippen LogP contribution in [0.3, 0.4) is 0 Å². The minimum Gasteiger partial charge on any atom is -0.369 e. The first-order valence-electron chi connectivity index (χ1n) is 4.90. The van der Waals surface area contributed by atoms with Gasteiger partial charge in [0.05, 0.1) is 0 Å². The van der Waals surface area contributed by atoms with Crippen LogP contribution in [0.15, 0.2) is 12.4 Å². The average Bonchev–Trinajstić information content (AvgIpc) is 2.68. The van der Waals surface area contributed by atoms with E-state index in [0.29, 0.717) is 6.54 Å². The summed E-state index contributed by atoms with van der Waals surface area (Å²) in [5, 5.41) is 0. The summed E-state index contributed by atoms with van der Waals surface area (Å²) in [7, 11) is 0. The molecule has 1 atom stereocenters. The first-order valence-corrected chi connectivity index (χ1v) is 4.90. The molecule has 2 heterocycles. The topological polar surface area (TPSA) is 61.0 Å². The van der Waals surface area contributed by atoms with Gasteiger partial charge < -0.3 is 10.5 Å². The molecule has 4 nitrogen and oxygen atoms in total. The lowest BCUT2D eigenvalue weighted by Crippen LogP contribution is -2.34. The van der Waals surface area contributed by atoms with Crippen LogP contribution in [0.5, 0.6) is 0 Å². The normalized spacial score (nSPS) is 26.7. The van der Waals surface area contributed by atoms with Crippen LogP contribution in [0, 0.1) is 6.92 Å². The lowest BCUT2D eigenvalue weighted by molar-refractivity contribution is 0.00741. The van der Waals surface area contributed by atoms with Gasteiger partial charge in [-0.25, -0.2) is 9.97 Å². The number of aromatic nitrogens is 2. The quantitative estimate of drug-likeness (QED) is 0.753. The van der Waals surface area contributed by atoms with Gasteiger partial charge >= 0.3 is 0 Å². The van der Waals surface area contributed by atoms with E-state index in [9.17, 15) is 0 Å². The van der Waals surface area contributed by atoms with Crippen LogP contribution in [0.4, 0.5) is 0 Å². The molecule has 1 saturated heterocycles. The molecular formula is C10H15N3O. The SMILES string of the molecule is Cc1ncc([C@]2(CN)CCCO2)cn1. The molecule has 0 radical (unpaired) electrons. The summed E-state index contributed by atoms with van der Waals surface area (Å²) in [4.78, 5) is 8.34. The number of aryl methyl sites for hydroxylation is 1. The van der Waals surface area contributed by atoms with E-state index >= 15 is 0 Å². The lowest BCUT2D eigenvalue weighted by atomic mass is 9.93. The zero-order chi connectivity index (χ0) is 10.0. The maximum atomic E-state index is 5.76. The Hall–Kier alpha value is -1.00.